The Morgan fingerprint density at radius 2 is 1.88 bits per heavy atom. The lowest BCUT2D eigenvalue weighted by atomic mass is 9.69. The maximum atomic E-state index is 13.8. The summed E-state index contributed by atoms with van der Waals surface area (Å²) >= 11 is 0. The molecule has 8 nitrogen and oxygen atoms in total. The summed E-state index contributed by atoms with van der Waals surface area (Å²) in [5.74, 6) is -2.48. The first-order valence-electron chi connectivity index (χ1n) is 11.4. The van der Waals surface area contributed by atoms with Gasteiger partial charge in [-0.25, -0.2) is 4.79 Å². The zero-order valence-corrected chi connectivity index (χ0v) is 20.8. The number of esters is 2. The zero-order valence-electron chi connectivity index (χ0n) is 20.8. The van der Waals surface area contributed by atoms with E-state index in [-0.39, 0.29) is 17.8 Å². The molecule has 0 saturated heterocycles. The quantitative estimate of drug-likeness (QED) is 0.475. The molecular formula is C26H33NO7. The summed E-state index contributed by atoms with van der Waals surface area (Å²) in [5, 5.41) is 3.26. The molecule has 1 aliphatic carbocycles. The van der Waals surface area contributed by atoms with Gasteiger partial charge in [0.2, 0.25) is 0 Å². The van der Waals surface area contributed by atoms with Crippen LogP contribution in [-0.2, 0) is 23.9 Å². The third kappa shape index (κ3) is 4.54. The minimum atomic E-state index is -0.963. The lowest BCUT2D eigenvalue weighted by Crippen LogP contribution is -2.43. The predicted molar refractivity (Wildman–Crippen MR) is 125 cm³/mol. The molecule has 1 N–H and O–H groups in total. The van der Waals surface area contributed by atoms with E-state index in [0.29, 0.717) is 52.4 Å². The number of carbonyl (C=O) groups is 3. The fourth-order valence-electron chi connectivity index (χ4n) is 4.66. The van der Waals surface area contributed by atoms with Crippen molar-refractivity contribution in [3.63, 3.8) is 0 Å². The lowest BCUT2D eigenvalue weighted by molar-refractivity contribution is -0.151. The number of dihydropyridines is 1. The monoisotopic (exact) mass is 471 g/mol. The molecule has 1 heterocycles. The lowest BCUT2D eigenvalue weighted by Gasteiger charge is -2.38. The van der Waals surface area contributed by atoms with E-state index >= 15 is 0 Å². The highest BCUT2D eigenvalue weighted by atomic mass is 16.5. The zero-order chi connectivity index (χ0) is 25.2. The molecule has 0 aromatic heterocycles. The molecular weight excluding hydrogens is 438 g/mol. The van der Waals surface area contributed by atoms with E-state index in [0.717, 1.165) is 0 Å². The Morgan fingerprint density at radius 3 is 2.47 bits per heavy atom. The van der Waals surface area contributed by atoms with Crippen molar-refractivity contribution in [1.82, 2.24) is 5.32 Å². The molecule has 0 amide bonds. The maximum Gasteiger partial charge on any atom is 0.337 e. The third-order valence-corrected chi connectivity index (χ3v) is 6.59. The molecule has 0 radical (unpaired) electrons. The van der Waals surface area contributed by atoms with Crippen molar-refractivity contribution >= 4 is 17.7 Å². The van der Waals surface area contributed by atoms with E-state index in [1.54, 1.807) is 32.2 Å². The Morgan fingerprint density at radius 1 is 1.18 bits per heavy atom. The van der Waals surface area contributed by atoms with Gasteiger partial charge in [-0.15, -0.1) is 0 Å². The molecule has 184 valence electrons. The Kier molecular flexibility index (Phi) is 7.69. The Labute approximate surface area is 200 Å². The van der Waals surface area contributed by atoms with Crippen LogP contribution in [0.2, 0.25) is 0 Å². The van der Waals surface area contributed by atoms with Gasteiger partial charge in [0.25, 0.3) is 0 Å². The number of hydrogen-bond donors (Lipinski definition) is 1. The van der Waals surface area contributed by atoms with E-state index in [1.807, 2.05) is 20.8 Å². The number of rotatable bonds is 7. The molecule has 34 heavy (non-hydrogen) atoms. The highest BCUT2D eigenvalue weighted by Crippen LogP contribution is 2.48. The fourth-order valence-corrected chi connectivity index (χ4v) is 4.66. The van der Waals surface area contributed by atoms with E-state index in [1.165, 1.54) is 14.2 Å². The number of hydrogen-bond acceptors (Lipinski definition) is 8. The van der Waals surface area contributed by atoms with Gasteiger partial charge < -0.3 is 24.3 Å². The highest BCUT2D eigenvalue weighted by molar-refractivity contribution is 6.12. The molecule has 1 aromatic rings. The van der Waals surface area contributed by atoms with Gasteiger partial charge in [-0.1, -0.05) is 13.8 Å². The number of Topliss-reactive ketones (excluding diaryl/α,β-unsaturated/α-hetero) is 1. The van der Waals surface area contributed by atoms with Crippen LogP contribution in [0.15, 0.2) is 40.7 Å². The van der Waals surface area contributed by atoms with E-state index in [2.05, 4.69) is 5.32 Å². The number of benzene rings is 1. The molecule has 0 unspecified atom stereocenters. The summed E-state index contributed by atoms with van der Waals surface area (Å²) < 4.78 is 21.7. The molecule has 4 atom stereocenters. The number of nitrogens with one attached hydrogen (secondary N) is 1. The average Bonchev–Trinajstić information content (AvgIpc) is 2.82. The van der Waals surface area contributed by atoms with Crippen LogP contribution >= 0.6 is 0 Å². The molecule has 2 aliphatic rings. The summed E-state index contributed by atoms with van der Waals surface area (Å²) in [6.07, 6.45) is 0.795. The van der Waals surface area contributed by atoms with Crippen LogP contribution in [-0.4, -0.2) is 45.2 Å². The molecule has 1 aliphatic heterocycles. The van der Waals surface area contributed by atoms with Gasteiger partial charge in [-0.2, -0.15) is 0 Å². The van der Waals surface area contributed by atoms with Crippen molar-refractivity contribution < 1.29 is 33.3 Å². The van der Waals surface area contributed by atoms with Crippen molar-refractivity contribution in [2.45, 2.75) is 52.6 Å². The topological polar surface area (TPSA) is 100 Å². The summed E-state index contributed by atoms with van der Waals surface area (Å²) in [4.78, 5) is 39.8. The second kappa shape index (κ2) is 10.3. The smallest absolute Gasteiger partial charge is 0.337 e. The molecule has 0 fully saturated rings. The van der Waals surface area contributed by atoms with Crippen molar-refractivity contribution in [2.75, 3.05) is 21.3 Å². The molecule has 3 rings (SSSR count). The van der Waals surface area contributed by atoms with Crippen molar-refractivity contribution in [3.8, 4) is 11.5 Å². The van der Waals surface area contributed by atoms with Crippen LogP contribution < -0.4 is 14.8 Å². The molecule has 0 spiro atoms. The number of allylic oxidation sites excluding steroid dienone is 3. The molecule has 0 bridgehead atoms. The minimum Gasteiger partial charge on any atom is -0.497 e. The van der Waals surface area contributed by atoms with Gasteiger partial charge in [0, 0.05) is 22.5 Å². The largest absolute Gasteiger partial charge is 0.497 e. The van der Waals surface area contributed by atoms with Crippen molar-refractivity contribution in [1.29, 1.82) is 0 Å². The van der Waals surface area contributed by atoms with E-state index in [4.69, 9.17) is 18.9 Å². The molecule has 1 aromatic carbocycles. The minimum absolute atomic E-state index is 0.263. The highest BCUT2D eigenvalue weighted by Gasteiger charge is 2.48. The van der Waals surface area contributed by atoms with Crippen LogP contribution in [0.25, 0.3) is 0 Å². The Balaban J connectivity index is 2.26. The van der Waals surface area contributed by atoms with Gasteiger partial charge in [0.15, 0.2) is 5.78 Å². The second-order valence-electron chi connectivity index (χ2n) is 8.77. The van der Waals surface area contributed by atoms with Gasteiger partial charge in [0.1, 0.15) is 17.4 Å². The van der Waals surface area contributed by atoms with Gasteiger partial charge in [-0.05, 0) is 50.8 Å². The molecule has 8 heteroatoms. The van der Waals surface area contributed by atoms with E-state index in [9.17, 15) is 14.4 Å². The van der Waals surface area contributed by atoms with Gasteiger partial charge in [-0.3, -0.25) is 9.59 Å². The van der Waals surface area contributed by atoms with Crippen LogP contribution in [0, 0.1) is 11.8 Å². The maximum absolute atomic E-state index is 13.8. The Hall–Kier alpha value is -3.29. The number of carbonyl (C=O) groups excluding carboxylic acids is 3. The number of ketones is 1. The number of ether oxygens (including phenoxy) is 4. The first-order chi connectivity index (χ1) is 16.2. The fraction of sp³-hybridized carbons (Fsp3) is 0.500. The summed E-state index contributed by atoms with van der Waals surface area (Å²) in [6.45, 7) is 7.38. The summed E-state index contributed by atoms with van der Waals surface area (Å²) in [6, 6.07) is 5.23. The SMILES string of the molecule is CC[C@@H](C)OC(=O)C1=C(C)NC2=C(C(=O)[C@H](C(=O)OC)[C@H](C)C2)[C@@H]1c1cc(OC)ccc1OC. The van der Waals surface area contributed by atoms with Crippen LogP contribution in [0.5, 0.6) is 11.5 Å². The summed E-state index contributed by atoms with van der Waals surface area (Å²) in [7, 11) is 4.34. The predicted octanol–water partition coefficient (Wildman–Crippen LogP) is 3.66. The second-order valence-corrected chi connectivity index (χ2v) is 8.77. The normalized spacial score (nSPS) is 23.0. The van der Waals surface area contributed by atoms with Crippen LogP contribution in [0.3, 0.4) is 0 Å². The third-order valence-electron chi connectivity index (χ3n) is 6.59. The van der Waals surface area contributed by atoms with Crippen LogP contribution in [0.1, 0.15) is 52.0 Å². The van der Waals surface area contributed by atoms with Crippen LogP contribution in [0.4, 0.5) is 0 Å². The Bertz CT molecular complexity index is 1060. The first-order valence-corrected chi connectivity index (χ1v) is 11.4. The summed E-state index contributed by atoms with van der Waals surface area (Å²) in [5.41, 5.74) is 2.51. The van der Waals surface area contributed by atoms with Gasteiger partial charge in [0.05, 0.1) is 38.9 Å². The number of methoxy groups -OCH3 is 3. The van der Waals surface area contributed by atoms with Gasteiger partial charge >= 0.3 is 11.9 Å². The van der Waals surface area contributed by atoms with Crippen molar-refractivity contribution in [3.05, 3.63) is 46.3 Å². The average molecular weight is 472 g/mol. The standard InChI is InChI=1S/C26H33NO7/c1-8-14(3)34-26(30)21-15(4)27-18-11-13(2)20(25(29)33-7)24(28)23(18)22(21)17-12-16(31-5)9-10-19(17)32-6/h9-10,12-14,20,22,27H,8,11H2,1-7H3/t13-,14-,20-,22-/m1/s1. The molecule has 0 saturated carbocycles. The first kappa shape index (κ1) is 25.3. The van der Waals surface area contributed by atoms with E-state index < -0.39 is 23.8 Å². The van der Waals surface area contributed by atoms with Crippen molar-refractivity contribution in [2.24, 2.45) is 11.8 Å².